The second-order valence-electron chi connectivity index (χ2n) is 7.16. The molecule has 3 rings (SSSR count). The zero-order chi connectivity index (χ0) is 19.4. The van der Waals surface area contributed by atoms with Gasteiger partial charge in [-0.25, -0.2) is 9.98 Å². The summed E-state index contributed by atoms with van der Waals surface area (Å²) >= 11 is 0. The molecule has 2 aliphatic heterocycles. The summed E-state index contributed by atoms with van der Waals surface area (Å²) in [5, 5.41) is 21.1. The van der Waals surface area contributed by atoms with Gasteiger partial charge in [-0.2, -0.15) is 4.98 Å². The molecule has 10 heteroatoms. The van der Waals surface area contributed by atoms with Crippen molar-refractivity contribution in [3.8, 4) is 0 Å². The van der Waals surface area contributed by atoms with Crippen LogP contribution in [0.5, 0.6) is 0 Å². The molecule has 1 atom stereocenters. The number of hydrogen-bond acceptors (Lipinski definition) is 10. The van der Waals surface area contributed by atoms with Gasteiger partial charge in [0.1, 0.15) is 5.82 Å². The quantitative estimate of drug-likeness (QED) is 0.512. The number of rotatable bonds is 6. The maximum Gasteiger partial charge on any atom is 0.227 e. The van der Waals surface area contributed by atoms with Gasteiger partial charge < -0.3 is 31.2 Å². The molecule has 2 aliphatic rings. The van der Waals surface area contributed by atoms with E-state index in [4.69, 9.17) is 20.9 Å². The normalized spacial score (nSPS) is 20.3. The fourth-order valence-electron chi connectivity index (χ4n) is 2.84. The third-order valence-electron chi connectivity index (χ3n) is 4.28. The van der Waals surface area contributed by atoms with Crippen molar-refractivity contribution in [2.24, 2.45) is 15.7 Å². The first-order chi connectivity index (χ1) is 12.9. The molecule has 0 aromatic carbocycles. The zero-order valence-electron chi connectivity index (χ0n) is 15.6. The summed E-state index contributed by atoms with van der Waals surface area (Å²) in [7, 11) is 0. The molecule has 0 aliphatic carbocycles. The highest BCUT2D eigenvalue weighted by molar-refractivity contribution is 5.93. The molecule has 0 saturated carbocycles. The Labute approximate surface area is 158 Å². The number of ether oxygens (including phenoxy) is 1. The zero-order valence-corrected chi connectivity index (χ0v) is 15.6. The molecule has 27 heavy (non-hydrogen) atoms. The van der Waals surface area contributed by atoms with Crippen molar-refractivity contribution in [2.45, 2.75) is 25.4 Å². The lowest BCUT2D eigenvalue weighted by Crippen LogP contribution is -2.38. The van der Waals surface area contributed by atoms with E-state index in [0.29, 0.717) is 55.9 Å². The number of hydrogen-bond donors (Lipinski definition) is 4. The average Bonchev–Trinajstić information content (AvgIpc) is 2.66. The van der Waals surface area contributed by atoms with Crippen LogP contribution in [0.1, 0.15) is 31.0 Å². The average molecular weight is 374 g/mol. The molecule has 5 N–H and O–H groups in total. The summed E-state index contributed by atoms with van der Waals surface area (Å²) < 4.78 is 5.41. The highest BCUT2D eigenvalue weighted by Crippen LogP contribution is 2.26. The van der Waals surface area contributed by atoms with E-state index in [2.05, 4.69) is 20.3 Å². The second kappa shape index (κ2) is 7.97. The molecule has 0 radical (unpaired) electrons. The van der Waals surface area contributed by atoms with Crippen LogP contribution in [0.3, 0.4) is 0 Å². The second-order valence-corrected chi connectivity index (χ2v) is 7.16. The van der Waals surface area contributed by atoms with Gasteiger partial charge in [-0.3, -0.25) is 4.99 Å². The lowest BCUT2D eigenvalue weighted by Gasteiger charge is -2.29. The number of morpholine rings is 1. The van der Waals surface area contributed by atoms with Crippen LogP contribution in [-0.2, 0) is 4.74 Å². The van der Waals surface area contributed by atoms with Crippen LogP contribution in [0.15, 0.2) is 9.98 Å². The van der Waals surface area contributed by atoms with E-state index in [0.717, 1.165) is 0 Å². The summed E-state index contributed by atoms with van der Waals surface area (Å²) in [5.74, 6) is 1.12. The number of aromatic nitrogens is 2. The van der Waals surface area contributed by atoms with Gasteiger partial charge in [-0.05, 0) is 13.8 Å². The number of nitrogens with one attached hydrogen (secondary N) is 2. The van der Waals surface area contributed by atoms with Gasteiger partial charge in [0.05, 0.1) is 42.5 Å². The van der Waals surface area contributed by atoms with Crippen molar-refractivity contribution in [2.75, 3.05) is 49.6 Å². The van der Waals surface area contributed by atoms with Crippen LogP contribution in [0, 0.1) is 5.41 Å². The molecule has 0 spiro atoms. The topological polar surface area (TPSA) is 145 Å². The molecule has 3 heterocycles. The summed E-state index contributed by atoms with van der Waals surface area (Å²) in [4.78, 5) is 19.7. The van der Waals surface area contributed by atoms with Crippen LogP contribution >= 0.6 is 0 Å². The number of nitrogens with two attached hydrogens (primary N) is 1. The molecule has 0 amide bonds. The largest absolute Gasteiger partial charge is 0.389 e. The molecule has 0 bridgehead atoms. The van der Waals surface area contributed by atoms with Crippen LogP contribution in [0.25, 0.3) is 0 Å². The molecule has 1 fully saturated rings. The fraction of sp³-hybridized carbons (Fsp3) is 0.588. The van der Waals surface area contributed by atoms with E-state index in [1.54, 1.807) is 20.1 Å². The Kier molecular flexibility index (Phi) is 5.66. The van der Waals surface area contributed by atoms with Crippen molar-refractivity contribution < 1.29 is 9.84 Å². The highest BCUT2D eigenvalue weighted by Gasteiger charge is 2.25. The lowest BCUT2D eigenvalue weighted by atomic mass is 10.0. The predicted molar refractivity (Wildman–Crippen MR) is 105 cm³/mol. The Hall–Kier alpha value is -2.59. The van der Waals surface area contributed by atoms with E-state index in [-0.39, 0.29) is 18.4 Å². The molecule has 1 aromatic rings. The Morgan fingerprint density at radius 1 is 1.41 bits per heavy atom. The first kappa shape index (κ1) is 19.2. The third kappa shape index (κ3) is 4.77. The Morgan fingerprint density at radius 2 is 2.15 bits per heavy atom. The molecule has 146 valence electrons. The van der Waals surface area contributed by atoms with Crippen molar-refractivity contribution in [3.63, 3.8) is 0 Å². The van der Waals surface area contributed by atoms with Crippen molar-refractivity contribution in [1.82, 2.24) is 9.97 Å². The molecular weight excluding hydrogens is 348 g/mol. The third-order valence-corrected chi connectivity index (χ3v) is 4.28. The van der Waals surface area contributed by atoms with Gasteiger partial charge in [-0.1, -0.05) is 0 Å². The minimum Gasteiger partial charge on any atom is -0.389 e. The number of anilines is 2. The van der Waals surface area contributed by atoms with Gasteiger partial charge in [-0.15, -0.1) is 0 Å². The van der Waals surface area contributed by atoms with Crippen LogP contribution < -0.4 is 16.0 Å². The lowest BCUT2D eigenvalue weighted by molar-refractivity contribution is 0.0944. The minimum absolute atomic E-state index is 0.195. The van der Waals surface area contributed by atoms with E-state index in [9.17, 15) is 5.11 Å². The van der Waals surface area contributed by atoms with Gasteiger partial charge >= 0.3 is 0 Å². The molecule has 1 unspecified atom stereocenters. The maximum absolute atomic E-state index is 10.1. The number of guanidine groups is 1. The minimum atomic E-state index is -0.922. The van der Waals surface area contributed by atoms with Crippen molar-refractivity contribution in [1.29, 1.82) is 5.41 Å². The fourth-order valence-corrected chi connectivity index (χ4v) is 2.84. The molecular formula is C17H26N8O2. The highest BCUT2D eigenvalue weighted by atomic mass is 16.5. The Morgan fingerprint density at radius 3 is 2.74 bits per heavy atom. The number of aliphatic hydroxyl groups is 1. The number of aliphatic imine (C=N–C) groups is 2. The summed E-state index contributed by atoms with van der Waals surface area (Å²) in [6.07, 6.45) is 2.93. The Balaban J connectivity index is 2.00. The standard InChI is InChI=1S/C17H26N8O2/c1-17(2,26)10-22-14-12(7-18)13(11-8-20-15(19)21-9-11)23-16(24-14)25-3-5-27-6-4-25/h7-8,11,18,26H,3-6,9-10H2,1-2H3,(H2,19,21)(H,22,23,24). The maximum atomic E-state index is 10.1. The first-order valence-corrected chi connectivity index (χ1v) is 8.93. The van der Waals surface area contributed by atoms with E-state index >= 15 is 0 Å². The summed E-state index contributed by atoms with van der Waals surface area (Å²) in [6.45, 7) is 6.74. The van der Waals surface area contributed by atoms with E-state index in [1.807, 2.05) is 4.90 Å². The smallest absolute Gasteiger partial charge is 0.227 e. The van der Waals surface area contributed by atoms with Gasteiger partial charge in [0.2, 0.25) is 11.9 Å². The predicted octanol–water partition coefficient (Wildman–Crippen LogP) is -0.0236. The summed E-state index contributed by atoms with van der Waals surface area (Å²) in [6, 6.07) is 0. The van der Waals surface area contributed by atoms with Crippen LogP contribution in [0.2, 0.25) is 0 Å². The monoisotopic (exact) mass is 374 g/mol. The van der Waals surface area contributed by atoms with Crippen LogP contribution in [-0.4, -0.2) is 78.5 Å². The molecule has 10 nitrogen and oxygen atoms in total. The summed E-state index contributed by atoms with van der Waals surface area (Å²) in [5.41, 5.74) is 5.93. The van der Waals surface area contributed by atoms with E-state index < -0.39 is 5.60 Å². The molecule has 1 aromatic heterocycles. The van der Waals surface area contributed by atoms with Gasteiger partial charge in [0.15, 0.2) is 0 Å². The van der Waals surface area contributed by atoms with Gasteiger partial charge in [0, 0.05) is 32.1 Å². The van der Waals surface area contributed by atoms with Crippen molar-refractivity contribution in [3.05, 3.63) is 11.3 Å². The Bertz CT molecular complexity index is 750. The van der Waals surface area contributed by atoms with Crippen molar-refractivity contribution >= 4 is 30.2 Å². The van der Waals surface area contributed by atoms with Crippen LogP contribution in [0.4, 0.5) is 11.8 Å². The first-order valence-electron chi connectivity index (χ1n) is 8.93. The molecule has 1 saturated heterocycles. The SMILES string of the molecule is CC(C)(O)CNc1nc(N2CCOCC2)nc(C2C=NC(N)=NC2)c1C=N. The van der Waals surface area contributed by atoms with Gasteiger partial charge in [0.25, 0.3) is 0 Å². The number of nitrogens with zero attached hydrogens (tertiary/aromatic N) is 5. The van der Waals surface area contributed by atoms with E-state index in [1.165, 1.54) is 6.21 Å².